The van der Waals surface area contributed by atoms with Gasteiger partial charge in [0.25, 0.3) is 0 Å². The lowest BCUT2D eigenvalue weighted by Gasteiger charge is -2.31. The van der Waals surface area contributed by atoms with Crippen LogP contribution in [-0.2, 0) is 0 Å². The van der Waals surface area contributed by atoms with Gasteiger partial charge in [-0.3, -0.25) is 4.90 Å². The topological polar surface area (TPSA) is 52.9 Å². The number of rotatable bonds is 6. The number of hydrogen-bond acceptors (Lipinski definition) is 5. The van der Waals surface area contributed by atoms with Gasteiger partial charge >= 0.3 is 0 Å². The van der Waals surface area contributed by atoms with Crippen LogP contribution in [0, 0.1) is 5.92 Å². The van der Waals surface area contributed by atoms with E-state index in [9.17, 15) is 10.2 Å². The van der Waals surface area contributed by atoms with Crippen LogP contribution in [0.15, 0.2) is 71.6 Å². The maximum absolute atomic E-state index is 10.1. The maximum Gasteiger partial charge on any atom is 0.150 e. The van der Waals surface area contributed by atoms with Gasteiger partial charge in [0.1, 0.15) is 23.4 Å². The highest BCUT2D eigenvalue weighted by molar-refractivity contribution is 7.99. The first-order valence-corrected chi connectivity index (χ1v) is 13.3. The molecule has 182 valence electrons. The second-order valence-corrected chi connectivity index (χ2v) is 11.0. The van der Waals surface area contributed by atoms with Crippen LogP contribution in [0.2, 0.25) is 0 Å². The third kappa shape index (κ3) is 5.07. The first-order valence-electron chi connectivity index (χ1n) is 12.4. The predicted octanol–water partition coefficient (Wildman–Crippen LogP) is 6.98. The fourth-order valence-corrected chi connectivity index (χ4v) is 6.12. The van der Waals surface area contributed by atoms with Gasteiger partial charge in [-0.25, -0.2) is 0 Å². The molecule has 1 saturated heterocycles. The number of ether oxygens (including phenoxy) is 1. The van der Waals surface area contributed by atoms with Crippen molar-refractivity contribution in [3.05, 3.63) is 83.4 Å². The number of aromatic hydroxyl groups is 2. The van der Waals surface area contributed by atoms with E-state index in [-0.39, 0.29) is 17.6 Å². The molecule has 3 atom stereocenters. The lowest BCUT2D eigenvalue weighted by molar-refractivity contribution is 0.259. The molecule has 0 aromatic heterocycles. The van der Waals surface area contributed by atoms with Crippen molar-refractivity contribution in [2.45, 2.75) is 44.2 Å². The Morgan fingerprint density at radius 3 is 2.51 bits per heavy atom. The van der Waals surface area contributed by atoms with Crippen LogP contribution in [0.4, 0.5) is 0 Å². The third-order valence-electron chi connectivity index (χ3n) is 7.19. The van der Waals surface area contributed by atoms with E-state index in [0.29, 0.717) is 6.04 Å². The van der Waals surface area contributed by atoms with Crippen molar-refractivity contribution in [1.82, 2.24) is 4.90 Å². The Kier molecular flexibility index (Phi) is 6.81. The second-order valence-electron chi connectivity index (χ2n) is 9.89. The zero-order valence-corrected chi connectivity index (χ0v) is 21.4. The summed E-state index contributed by atoms with van der Waals surface area (Å²) in [5.74, 6) is 3.07. The van der Waals surface area contributed by atoms with Crippen molar-refractivity contribution in [3.8, 4) is 17.2 Å². The summed E-state index contributed by atoms with van der Waals surface area (Å²) in [6, 6.07) is 21.8. The van der Waals surface area contributed by atoms with Gasteiger partial charge < -0.3 is 14.9 Å². The van der Waals surface area contributed by atoms with Crippen molar-refractivity contribution >= 4 is 22.9 Å². The Morgan fingerprint density at radius 1 is 1.03 bits per heavy atom. The number of benzene rings is 3. The molecule has 2 heterocycles. The molecule has 2 N–H and O–H groups in total. The van der Waals surface area contributed by atoms with Gasteiger partial charge in [-0.15, -0.1) is 11.8 Å². The summed E-state index contributed by atoms with van der Waals surface area (Å²) >= 11 is 1.91. The molecule has 5 heteroatoms. The quantitative estimate of drug-likeness (QED) is 0.367. The Balaban J connectivity index is 1.41. The minimum Gasteiger partial charge on any atom is -0.508 e. The molecular formula is C30H33NO3S. The van der Waals surface area contributed by atoms with Crippen molar-refractivity contribution in [2.24, 2.45) is 5.92 Å². The average molecular weight is 488 g/mol. The van der Waals surface area contributed by atoms with Crippen molar-refractivity contribution in [1.29, 1.82) is 0 Å². The molecule has 35 heavy (non-hydrogen) atoms. The molecule has 4 nitrogen and oxygen atoms in total. The summed E-state index contributed by atoms with van der Waals surface area (Å²) in [6.45, 7) is 9.15. The molecule has 0 amide bonds. The van der Waals surface area contributed by atoms with Crippen LogP contribution in [-0.4, -0.2) is 40.0 Å². The molecule has 3 aromatic carbocycles. The van der Waals surface area contributed by atoms with Crippen LogP contribution in [0.3, 0.4) is 0 Å². The lowest BCUT2D eigenvalue weighted by Crippen LogP contribution is -2.32. The zero-order valence-electron chi connectivity index (χ0n) is 20.6. The summed E-state index contributed by atoms with van der Waals surface area (Å²) in [4.78, 5) is 3.86. The van der Waals surface area contributed by atoms with Gasteiger partial charge in [0.15, 0.2) is 0 Å². The zero-order chi connectivity index (χ0) is 24.5. The molecule has 0 bridgehead atoms. The molecular weight excluding hydrogens is 454 g/mol. The summed E-state index contributed by atoms with van der Waals surface area (Å²) in [5.41, 5.74) is 4.87. The monoisotopic (exact) mass is 487 g/mol. The number of fused-ring (bicyclic) bond motifs is 1. The highest BCUT2D eigenvalue weighted by Gasteiger charge is 2.30. The molecule has 0 aliphatic carbocycles. The molecule has 0 saturated carbocycles. The summed E-state index contributed by atoms with van der Waals surface area (Å²) < 4.78 is 6.50. The summed E-state index contributed by atoms with van der Waals surface area (Å²) in [7, 11) is 0. The number of thioether (sulfide) groups is 1. The molecule has 3 unspecified atom stereocenters. The lowest BCUT2D eigenvalue weighted by atomic mass is 9.86. The number of hydrogen-bond donors (Lipinski definition) is 2. The maximum atomic E-state index is 10.1. The van der Waals surface area contributed by atoms with Gasteiger partial charge in [0.05, 0.1) is 0 Å². The number of allylic oxidation sites excluding steroid dienone is 1. The Morgan fingerprint density at radius 2 is 1.80 bits per heavy atom. The molecule has 1 fully saturated rings. The van der Waals surface area contributed by atoms with Gasteiger partial charge in [-0.2, -0.15) is 0 Å². The number of likely N-dealkylation sites (tertiary alicyclic amines) is 1. The minimum absolute atomic E-state index is 0.208. The SMILES string of the molecule is CC1=C(c2cccc(O)c2)C(c2ccc(SCC(C)N3CCC(C)C3)cc2)Oc2ccc(O)cc21. The smallest absolute Gasteiger partial charge is 0.150 e. The molecule has 2 aliphatic heterocycles. The van der Waals surface area contributed by atoms with Crippen molar-refractivity contribution < 1.29 is 14.9 Å². The highest BCUT2D eigenvalue weighted by atomic mass is 32.2. The van der Waals surface area contributed by atoms with E-state index in [0.717, 1.165) is 45.3 Å². The van der Waals surface area contributed by atoms with Gasteiger partial charge in [0.2, 0.25) is 0 Å². The van der Waals surface area contributed by atoms with Crippen LogP contribution in [0.25, 0.3) is 11.1 Å². The van der Waals surface area contributed by atoms with Gasteiger partial charge in [0, 0.05) is 34.4 Å². The normalized spacial score (nSPS) is 21.0. The van der Waals surface area contributed by atoms with Crippen LogP contribution in [0.1, 0.15) is 50.0 Å². The van der Waals surface area contributed by atoms with Crippen LogP contribution in [0.5, 0.6) is 17.2 Å². The molecule has 5 rings (SSSR count). The minimum atomic E-state index is -0.307. The first-order chi connectivity index (χ1) is 16.9. The van der Waals surface area contributed by atoms with Crippen molar-refractivity contribution in [3.63, 3.8) is 0 Å². The highest BCUT2D eigenvalue weighted by Crippen LogP contribution is 2.47. The van der Waals surface area contributed by atoms with Crippen LogP contribution >= 0.6 is 11.8 Å². The first kappa shape index (κ1) is 23.8. The van der Waals surface area contributed by atoms with E-state index in [1.807, 2.05) is 30.0 Å². The Labute approximate surface area is 212 Å². The van der Waals surface area contributed by atoms with E-state index < -0.39 is 0 Å². The summed E-state index contributed by atoms with van der Waals surface area (Å²) in [6.07, 6.45) is 1.00. The molecule has 3 aromatic rings. The Hall–Kier alpha value is -2.89. The van der Waals surface area contributed by atoms with E-state index in [2.05, 4.69) is 49.9 Å². The number of phenolic OH excluding ortho intramolecular Hbond substituents is 2. The fraction of sp³-hybridized carbons (Fsp3) is 0.333. The molecule has 0 spiro atoms. The van der Waals surface area contributed by atoms with Gasteiger partial charge in [-0.05, 0) is 91.9 Å². The number of nitrogens with zero attached hydrogens (tertiary/aromatic N) is 1. The van der Waals surface area contributed by atoms with E-state index in [1.165, 1.54) is 24.4 Å². The fourth-order valence-electron chi connectivity index (χ4n) is 5.15. The summed E-state index contributed by atoms with van der Waals surface area (Å²) in [5, 5.41) is 20.2. The van der Waals surface area contributed by atoms with Crippen LogP contribution < -0.4 is 4.74 Å². The van der Waals surface area contributed by atoms with Crippen molar-refractivity contribution in [2.75, 3.05) is 18.8 Å². The second kappa shape index (κ2) is 10.00. The number of phenols is 2. The Bertz CT molecular complexity index is 1240. The standard InChI is InChI=1S/C30H33NO3S/c1-19-13-14-31(17-19)20(2)18-35-26-10-7-22(8-11-26)30-29(23-5-4-6-24(32)15-23)21(3)27-16-25(33)9-12-28(27)34-30/h4-12,15-16,19-20,30,32-33H,13-14,17-18H2,1-3H3. The predicted molar refractivity (Wildman–Crippen MR) is 144 cm³/mol. The third-order valence-corrected chi connectivity index (χ3v) is 8.44. The average Bonchev–Trinajstić information content (AvgIpc) is 3.29. The molecule has 2 aliphatic rings. The van der Waals surface area contributed by atoms with Gasteiger partial charge in [-0.1, -0.05) is 31.2 Å². The van der Waals surface area contributed by atoms with E-state index >= 15 is 0 Å². The molecule has 0 radical (unpaired) electrons. The van der Waals surface area contributed by atoms with E-state index in [1.54, 1.807) is 24.3 Å². The largest absolute Gasteiger partial charge is 0.508 e. The van der Waals surface area contributed by atoms with E-state index in [4.69, 9.17) is 4.74 Å².